The van der Waals surface area contributed by atoms with Crippen LogP contribution in [0.2, 0.25) is 0 Å². The second-order valence-corrected chi connectivity index (χ2v) is 8.04. The fourth-order valence-corrected chi connectivity index (χ4v) is 3.21. The summed E-state index contributed by atoms with van der Waals surface area (Å²) in [5.41, 5.74) is 1.70. The topological polar surface area (TPSA) is 99.4 Å². The van der Waals surface area contributed by atoms with Crippen molar-refractivity contribution in [3.8, 4) is 6.07 Å². The van der Waals surface area contributed by atoms with E-state index in [0.717, 1.165) is 30.5 Å². The first-order chi connectivity index (χ1) is 15.4. The Morgan fingerprint density at radius 2 is 1.75 bits per heavy atom. The maximum atomic E-state index is 12.5. The summed E-state index contributed by atoms with van der Waals surface area (Å²) in [5, 5.41) is 9.56. The summed E-state index contributed by atoms with van der Waals surface area (Å²) in [5.74, 6) is -1.45. The molecule has 1 rings (SSSR count). The standard InChI is InChI=1S/C24H40N2O6/c1-6-29-18(2)15-30-19(3)16-31-20(4)17-32-24(27)23(14-25)21-9-7-10-22(13-21)26-11-8-12-28-5/h13,18-20,23H,6-12,15-17H2,1-5H3. The first kappa shape index (κ1) is 28.2. The maximum absolute atomic E-state index is 12.5. The second-order valence-electron chi connectivity index (χ2n) is 8.04. The molecule has 0 radical (unpaired) electrons. The average molecular weight is 453 g/mol. The summed E-state index contributed by atoms with van der Waals surface area (Å²) < 4.78 is 27.3. The third kappa shape index (κ3) is 11.7. The zero-order valence-electron chi connectivity index (χ0n) is 20.3. The van der Waals surface area contributed by atoms with E-state index in [4.69, 9.17) is 23.7 Å². The van der Waals surface area contributed by atoms with Gasteiger partial charge in [-0.3, -0.25) is 9.79 Å². The van der Waals surface area contributed by atoms with Gasteiger partial charge in [0.1, 0.15) is 6.61 Å². The van der Waals surface area contributed by atoms with Gasteiger partial charge in [0.15, 0.2) is 5.92 Å². The lowest BCUT2D eigenvalue weighted by atomic mass is 9.89. The van der Waals surface area contributed by atoms with E-state index in [2.05, 4.69) is 11.1 Å². The first-order valence-electron chi connectivity index (χ1n) is 11.5. The molecule has 4 atom stereocenters. The number of aliphatic imine (C=N–C) groups is 1. The van der Waals surface area contributed by atoms with Gasteiger partial charge in [0, 0.05) is 32.6 Å². The van der Waals surface area contributed by atoms with Gasteiger partial charge >= 0.3 is 5.97 Å². The summed E-state index contributed by atoms with van der Waals surface area (Å²) in [6.07, 6.45) is 4.80. The summed E-state index contributed by atoms with van der Waals surface area (Å²) in [6, 6.07) is 2.09. The number of rotatable bonds is 16. The van der Waals surface area contributed by atoms with Gasteiger partial charge in [0.2, 0.25) is 0 Å². The quantitative estimate of drug-likeness (QED) is 0.261. The number of esters is 1. The number of ether oxygens (including phenoxy) is 5. The Hall–Kier alpha value is -1.79. The third-order valence-corrected chi connectivity index (χ3v) is 4.95. The summed E-state index contributed by atoms with van der Waals surface area (Å²) >= 11 is 0. The molecule has 0 amide bonds. The molecule has 0 bridgehead atoms. The Kier molecular flexibility index (Phi) is 14.8. The summed E-state index contributed by atoms with van der Waals surface area (Å²) in [4.78, 5) is 17.1. The molecule has 0 aliphatic heterocycles. The van der Waals surface area contributed by atoms with Crippen LogP contribution in [-0.4, -0.2) is 76.7 Å². The van der Waals surface area contributed by atoms with Gasteiger partial charge in [-0.25, -0.2) is 0 Å². The lowest BCUT2D eigenvalue weighted by Gasteiger charge is -2.21. The van der Waals surface area contributed by atoms with Crippen molar-refractivity contribution >= 4 is 11.7 Å². The number of carbonyl (C=O) groups excluding carboxylic acids is 1. The van der Waals surface area contributed by atoms with Crippen LogP contribution in [0.25, 0.3) is 0 Å². The van der Waals surface area contributed by atoms with Crippen molar-refractivity contribution in [1.29, 1.82) is 5.26 Å². The third-order valence-electron chi connectivity index (χ3n) is 4.95. The zero-order valence-corrected chi connectivity index (χ0v) is 20.3. The molecule has 0 N–H and O–H groups in total. The van der Waals surface area contributed by atoms with Crippen LogP contribution in [0.15, 0.2) is 16.6 Å². The van der Waals surface area contributed by atoms with Gasteiger partial charge in [-0.05, 0) is 65.0 Å². The number of hydrogen-bond donors (Lipinski definition) is 0. The highest BCUT2D eigenvalue weighted by atomic mass is 16.6. The Labute approximate surface area is 192 Å². The van der Waals surface area contributed by atoms with Crippen LogP contribution in [-0.2, 0) is 28.5 Å². The van der Waals surface area contributed by atoms with Crippen LogP contribution in [0.3, 0.4) is 0 Å². The van der Waals surface area contributed by atoms with E-state index in [9.17, 15) is 10.1 Å². The van der Waals surface area contributed by atoms with Crippen molar-refractivity contribution < 1.29 is 28.5 Å². The van der Waals surface area contributed by atoms with E-state index in [1.165, 1.54) is 0 Å². The minimum atomic E-state index is -0.908. The predicted octanol–water partition coefficient (Wildman–Crippen LogP) is 3.49. The molecule has 0 aromatic carbocycles. The molecule has 1 aliphatic rings. The molecule has 0 aromatic rings. The number of nitriles is 1. The molecule has 0 saturated heterocycles. The van der Waals surface area contributed by atoms with Gasteiger partial charge < -0.3 is 23.7 Å². The van der Waals surface area contributed by atoms with E-state index in [0.29, 0.717) is 39.4 Å². The smallest absolute Gasteiger partial charge is 0.327 e. The molecule has 0 saturated carbocycles. The van der Waals surface area contributed by atoms with Gasteiger partial charge in [-0.1, -0.05) is 0 Å². The number of hydrogen-bond acceptors (Lipinski definition) is 8. The highest BCUT2D eigenvalue weighted by Gasteiger charge is 2.27. The van der Waals surface area contributed by atoms with Gasteiger partial charge in [0.05, 0.1) is 37.6 Å². The van der Waals surface area contributed by atoms with Crippen molar-refractivity contribution in [3.05, 3.63) is 11.6 Å². The minimum absolute atomic E-state index is 0.0359. The largest absolute Gasteiger partial charge is 0.462 e. The SMILES string of the molecule is CCOC(C)COC(C)COC(C)COC(=O)C(C#N)C1=CC(=NCCCOC)CCC1. The van der Waals surface area contributed by atoms with Crippen LogP contribution in [0, 0.1) is 17.2 Å². The monoisotopic (exact) mass is 452 g/mol. The minimum Gasteiger partial charge on any atom is -0.462 e. The van der Waals surface area contributed by atoms with Crippen LogP contribution < -0.4 is 0 Å². The molecule has 8 nitrogen and oxygen atoms in total. The molecule has 32 heavy (non-hydrogen) atoms. The van der Waals surface area contributed by atoms with Crippen molar-refractivity contribution in [3.63, 3.8) is 0 Å². The Balaban J connectivity index is 2.44. The number of methoxy groups -OCH3 is 1. The lowest BCUT2D eigenvalue weighted by Crippen LogP contribution is -2.28. The van der Waals surface area contributed by atoms with Crippen LogP contribution >= 0.6 is 0 Å². The van der Waals surface area contributed by atoms with E-state index < -0.39 is 11.9 Å². The average Bonchev–Trinajstić information content (AvgIpc) is 2.78. The highest BCUT2D eigenvalue weighted by molar-refractivity contribution is 5.97. The number of nitrogens with zero attached hydrogens (tertiary/aromatic N) is 2. The predicted molar refractivity (Wildman–Crippen MR) is 123 cm³/mol. The van der Waals surface area contributed by atoms with Gasteiger partial charge in [-0.15, -0.1) is 0 Å². The van der Waals surface area contributed by atoms with Crippen molar-refractivity contribution in [2.45, 2.75) is 71.7 Å². The lowest BCUT2D eigenvalue weighted by molar-refractivity contribution is -0.150. The van der Waals surface area contributed by atoms with Gasteiger partial charge in [-0.2, -0.15) is 5.26 Å². The Morgan fingerprint density at radius 3 is 2.38 bits per heavy atom. The highest BCUT2D eigenvalue weighted by Crippen LogP contribution is 2.24. The Morgan fingerprint density at radius 1 is 1.09 bits per heavy atom. The van der Waals surface area contributed by atoms with E-state index in [-0.39, 0.29) is 24.9 Å². The molecule has 0 aromatic heterocycles. The molecule has 1 aliphatic carbocycles. The Bertz CT molecular complexity index is 643. The second kappa shape index (κ2) is 16.8. The molecule has 0 spiro atoms. The molecule has 182 valence electrons. The summed E-state index contributed by atoms with van der Waals surface area (Å²) in [7, 11) is 1.67. The van der Waals surface area contributed by atoms with Crippen LogP contribution in [0.4, 0.5) is 0 Å². The van der Waals surface area contributed by atoms with Crippen molar-refractivity contribution in [2.75, 3.05) is 46.7 Å². The number of allylic oxidation sites excluding steroid dienone is 1. The van der Waals surface area contributed by atoms with Crippen LogP contribution in [0.5, 0.6) is 0 Å². The molecule has 4 unspecified atom stereocenters. The molecule has 8 heteroatoms. The molecular formula is C24H40N2O6. The van der Waals surface area contributed by atoms with E-state index >= 15 is 0 Å². The molecule has 0 fully saturated rings. The molecular weight excluding hydrogens is 412 g/mol. The number of carbonyl (C=O) groups is 1. The normalized spacial score (nSPS) is 19.0. The molecule has 0 heterocycles. The van der Waals surface area contributed by atoms with Crippen LogP contribution in [0.1, 0.15) is 53.4 Å². The van der Waals surface area contributed by atoms with Crippen molar-refractivity contribution in [2.24, 2.45) is 10.9 Å². The van der Waals surface area contributed by atoms with Gasteiger partial charge in [0.25, 0.3) is 0 Å². The summed E-state index contributed by atoms with van der Waals surface area (Å²) in [6.45, 7) is 10.6. The van der Waals surface area contributed by atoms with E-state index in [1.807, 2.05) is 33.8 Å². The fourth-order valence-electron chi connectivity index (χ4n) is 3.21. The fraction of sp³-hybridized carbons (Fsp3) is 0.792. The first-order valence-corrected chi connectivity index (χ1v) is 11.5. The maximum Gasteiger partial charge on any atom is 0.327 e. The van der Waals surface area contributed by atoms with Crippen molar-refractivity contribution in [1.82, 2.24) is 0 Å². The van der Waals surface area contributed by atoms with E-state index in [1.54, 1.807) is 7.11 Å². The zero-order chi connectivity index (χ0) is 23.8.